The van der Waals surface area contributed by atoms with Crippen LogP contribution in [0.5, 0.6) is 0 Å². The highest BCUT2D eigenvalue weighted by Gasteiger charge is 1.81. The van der Waals surface area contributed by atoms with Crippen molar-refractivity contribution in [2.24, 2.45) is 0 Å². The van der Waals surface area contributed by atoms with E-state index < -0.39 is 0 Å². The number of methoxy groups -OCH3 is 1. The third-order valence-electron chi connectivity index (χ3n) is 1.01. The van der Waals surface area contributed by atoms with Crippen LogP contribution < -0.4 is 0 Å². The summed E-state index contributed by atoms with van der Waals surface area (Å²) >= 11 is 0. The van der Waals surface area contributed by atoms with Gasteiger partial charge in [0.25, 0.3) is 0 Å². The molecule has 0 rings (SSSR count). The normalized spacial score (nSPS) is 9.12. The molecule has 0 amide bonds. The zero-order chi connectivity index (χ0) is 6.24. The van der Waals surface area contributed by atoms with Crippen LogP contribution in [0.3, 0.4) is 0 Å². The molecule has 0 aliphatic carbocycles. The van der Waals surface area contributed by atoms with Crippen LogP contribution in [0.15, 0.2) is 0 Å². The Balaban J connectivity index is 2.62. The predicted molar refractivity (Wildman–Crippen MR) is 40.3 cm³/mol. The van der Waals surface area contributed by atoms with E-state index in [1.54, 1.807) is 7.11 Å². The zero-order valence-electron chi connectivity index (χ0n) is 5.52. The molecule has 0 fully saturated rings. The molecule has 0 saturated carbocycles. The van der Waals surface area contributed by atoms with Gasteiger partial charge in [0, 0.05) is 13.7 Å². The molecule has 0 atom stereocenters. The Kier molecular flexibility index (Phi) is 7.09. The van der Waals surface area contributed by atoms with Gasteiger partial charge in [-0.1, -0.05) is 0 Å². The lowest BCUT2D eigenvalue weighted by molar-refractivity contribution is 0.193. The molecule has 48 valence electrons. The quantitative estimate of drug-likeness (QED) is 0.382. The molecule has 0 aromatic carbocycles. The Labute approximate surface area is 54.1 Å². The number of ether oxygens (including phenoxy) is 1. The van der Waals surface area contributed by atoms with Crippen LogP contribution in [-0.2, 0) is 4.74 Å². The van der Waals surface area contributed by atoms with Gasteiger partial charge in [-0.25, -0.2) is 0 Å². The number of rotatable bonds is 5. The SMILES string of the molecule is COCCCCC=[SiH2]. The van der Waals surface area contributed by atoms with Gasteiger partial charge < -0.3 is 4.74 Å². The average molecular weight is 130 g/mol. The van der Waals surface area contributed by atoms with Crippen molar-refractivity contribution in [3.8, 4) is 0 Å². The number of unbranched alkanes of at least 4 members (excludes halogenated alkanes) is 2. The van der Waals surface area contributed by atoms with Gasteiger partial charge in [0.15, 0.2) is 0 Å². The second kappa shape index (κ2) is 7.05. The van der Waals surface area contributed by atoms with Crippen LogP contribution in [0.1, 0.15) is 19.3 Å². The predicted octanol–water partition coefficient (Wildman–Crippen LogP) is 0.238. The molecule has 1 nitrogen and oxygen atoms in total. The van der Waals surface area contributed by atoms with Gasteiger partial charge in [-0.2, -0.15) is 0 Å². The Morgan fingerprint density at radius 3 is 2.75 bits per heavy atom. The van der Waals surface area contributed by atoms with E-state index in [0.717, 1.165) is 6.61 Å². The van der Waals surface area contributed by atoms with E-state index in [1.165, 1.54) is 19.3 Å². The lowest BCUT2D eigenvalue weighted by atomic mass is 10.3. The maximum Gasteiger partial charge on any atom is 0.0462 e. The van der Waals surface area contributed by atoms with Crippen molar-refractivity contribution in [1.82, 2.24) is 0 Å². The van der Waals surface area contributed by atoms with Crippen LogP contribution in [0.4, 0.5) is 0 Å². The fraction of sp³-hybridized carbons (Fsp3) is 0.833. The van der Waals surface area contributed by atoms with E-state index in [9.17, 15) is 0 Å². The molecule has 0 heterocycles. The maximum atomic E-state index is 4.88. The molecule has 8 heavy (non-hydrogen) atoms. The van der Waals surface area contributed by atoms with Gasteiger partial charge in [0.1, 0.15) is 0 Å². The van der Waals surface area contributed by atoms with Gasteiger partial charge in [-0.3, -0.25) is 0 Å². The van der Waals surface area contributed by atoms with Crippen LogP contribution in [0.25, 0.3) is 0 Å². The fourth-order valence-corrected chi connectivity index (χ4v) is 0.824. The molecular weight excluding hydrogens is 116 g/mol. The second-order valence-corrected chi connectivity index (χ2v) is 2.35. The summed E-state index contributed by atoms with van der Waals surface area (Å²) in [6.45, 7) is 0.914. The van der Waals surface area contributed by atoms with E-state index >= 15 is 0 Å². The first-order chi connectivity index (χ1) is 3.91. The van der Waals surface area contributed by atoms with Crippen LogP contribution in [-0.4, -0.2) is 29.2 Å². The summed E-state index contributed by atoms with van der Waals surface area (Å²) in [5.41, 5.74) is 2.22. The average Bonchev–Trinajstić information content (AvgIpc) is 1.81. The summed E-state index contributed by atoms with van der Waals surface area (Å²) in [6.07, 6.45) is 3.71. The third-order valence-corrected chi connectivity index (χ3v) is 1.41. The van der Waals surface area contributed by atoms with Crippen molar-refractivity contribution in [3.63, 3.8) is 0 Å². The molecule has 0 radical (unpaired) electrons. The summed E-state index contributed by atoms with van der Waals surface area (Å²) in [5.74, 6) is 0. The van der Waals surface area contributed by atoms with E-state index in [4.69, 9.17) is 4.74 Å². The molecule has 0 saturated heterocycles. The number of hydrogen-bond acceptors (Lipinski definition) is 1. The molecule has 2 heteroatoms. The van der Waals surface area contributed by atoms with Crippen molar-refractivity contribution >= 4 is 15.5 Å². The highest BCUT2D eigenvalue weighted by molar-refractivity contribution is 6.27. The van der Waals surface area contributed by atoms with Crippen molar-refractivity contribution in [2.45, 2.75) is 19.3 Å². The molecule has 0 aromatic heterocycles. The third kappa shape index (κ3) is 6.05. The Hall–Kier alpha value is 0.0469. The van der Waals surface area contributed by atoms with Crippen LogP contribution >= 0.6 is 0 Å². The summed E-state index contributed by atoms with van der Waals surface area (Å²) in [4.78, 5) is 0. The van der Waals surface area contributed by atoms with Gasteiger partial charge in [-0.05, 0) is 29.1 Å². The topological polar surface area (TPSA) is 9.23 Å². The van der Waals surface area contributed by atoms with Gasteiger partial charge in [-0.15, -0.1) is 5.67 Å². The monoisotopic (exact) mass is 130 g/mol. The van der Waals surface area contributed by atoms with E-state index in [0.29, 0.717) is 0 Å². The van der Waals surface area contributed by atoms with Gasteiger partial charge in [0.2, 0.25) is 0 Å². The van der Waals surface area contributed by atoms with Crippen LogP contribution in [0.2, 0.25) is 0 Å². The molecule has 0 unspecified atom stereocenters. The molecule has 0 aliphatic heterocycles. The summed E-state index contributed by atoms with van der Waals surface area (Å²) in [7, 11) is 3.67. The zero-order valence-corrected chi connectivity index (χ0v) is 6.94. The standard InChI is InChI=1S/C6H14OSi/c1-7-5-3-2-4-6-8/h6H,2-5,8H2,1H3. The van der Waals surface area contributed by atoms with E-state index in [1.807, 2.05) is 9.85 Å². The molecule has 0 aromatic rings. The lowest BCUT2D eigenvalue weighted by Crippen LogP contribution is -1.87. The van der Waals surface area contributed by atoms with Crippen LogP contribution in [0, 0.1) is 0 Å². The summed E-state index contributed by atoms with van der Waals surface area (Å²) in [5, 5.41) is 0. The van der Waals surface area contributed by atoms with Gasteiger partial charge in [0.05, 0.1) is 0 Å². The Bertz CT molecular complexity index is 54.5. The minimum atomic E-state index is 0.914. The lowest BCUT2D eigenvalue weighted by Gasteiger charge is -1.93. The smallest absolute Gasteiger partial charge is 0.0462 e. The van der Waals surface area contributed by atoms with Crippen molar-refractivity contribution in [2.75, 3.05) is 13.7 Å². The van der Waals surface area contributed by atoms with Crippen molar-refractivity contribution in [1.29, 1.82) is 0 Å². The highest BCUT2D eigenvalue weighted by Crippen LogP contribution is 1.90. The Morgan fingerprint density at radius 1 is 1.50 bits per heavy atom. The second-order valence-electron chi connectivity index (χ2n) is 1.78. The van der Waals surface area contributed by atoms with E-state index in [2.05, 4.69) is 5.67 Å². The van der Waals surface area contributed by atoms with Gasteiger partial charge >= 0.3 is 0 Å². The first-order valence-electron chi connectivity index (χ1n) is 3.01. The van der Waals surface area contributed by atoms with Crippen molar-refractivity contribution < 1.29 is 4.74 Å². The largest absolute Gasteiger partial charge is 0.385 e. The highest BCUT2D eigenvalue weighted by atomic mass is 28.1. The minimum Gasteiger partial charge on any atom is -0.385 e. The minimum absolute atomic E-state index is 0.914. The molecule has 0 bridgehead atoms. The fourth-order valence-electron chi connectivity index (χ4n) is 0.535. The molecule has 0 aliphatic rings. The molecular formula is C6H14OSi. The van der Waals surface area contributed by atoms with E-state index in [-0.39, 0.29) is 0 Å². The molecule has 0 N–H and O–H groups in total. The Morgan fingerprint density at radius 2 is 2.25 bits per heavy atom. The first kappa shape index (κ1) is 8.05. The first-order valence-corrected chi connectivity index (χ1v) is 3.83. The maximum absolute atomic E-state index is 4.88. The number of hydrogen-bond donors (Lipinski definition) is 0. The summed E-state index contributed by atoms with van der Waals surface area (Å²) < 4.78 is 4.88. The van der Waals surface area contributed by atoms with Crippen molar-refractivity contribution in [3.05, 3.63) is 0 Å². The molecule has 0 spiro atoms. The summed E-state index contributed by atoms with van der Waals surface area (Å²) in [6, 6.07) is 0.